The molecular formula is C13H14F3N3O. The molecule has 0 aliphatic carbocycles. The van der Waals surface area contributed by atoms with Crippen LogP contribution < -0.4 is 10.1 Å². The molecule has 1 heterocycles. The monoisotopic (exact) mass is 285 g/mol. The van der Waals surface area contributed by atoms with Crippen molar-refractivity contribution in [2.45, 2.75) is 12.8 Å². The van der Waals surface area contributed by atoms with E-state index in [1.165, 1.54) is 12.1 Å². The maximum Gasteiger partial charge on any atom is 0.573 e. The Labute approximate surface area is 114 Å². The first kappa shape index (κ1) is 14.2. The number of halogens is 3. The molecule has 108 valence electrons. The van der Waals surface area contributed by atoms with Gasteiger partial charge < -0.3 is 10.1 Å². The van der Waals surface area contributed by atoms with E-state index in [9.17, 15) is 13.2 Å². The van der Waals surface area contributed by atoms with Crippen LogP contribution >= 0.6 is 0 Å². The second-order valence-electron chi connectivity index (χ2n) is 4.17. The zero-order valence-corrected chi connectivity index (χ0v) is 10.8. The lowest BCUT2D eigenvalue weighted by Crippen LogP contribution is -2.18. The summed E-state index contributed by atoms with van der Waals surface area (Å²) in [5.74, 6) is -0.231. The first-order valence-electron chi connectivity index (χ1n) is 6.01. The van der Waals surface area contributed by atoms with Gasteiger partial charge in [-0.15, -0.1) is 13.2 Å². The summed E-state index contributed by atoms with van der Waals surface area (Å²) in [5.41, 5.74) is 1.30. The second-order valence-corrected chi connectivity index (χ2v) is 4.17. The number of anilines is 1. The lowest BCUT2D eigenvalue weighted by molar-refractivity contribution is -0.274. The number of aromatic nitrogens is 2. The number of alkyl halides is 3. The van der Waals surface area contributed by atoms with Gasteiger partial charge in [-0.2, -0.15) is 5.10 Å². The molecule has 2 rings (SSSR count). The van der Waals surface area contributed by atoms with Crippen molar-refractivity contribution >= 4 is 5.69 Å². The molecule has 0 saturated carbocycles. The van der Waals surface area contributed by atoms with Gasteiger partial charge in [0.25, 0.3) is 0 Å². The van der Waals surface area contributed by atoms with E-state index in [-0.39, 0.29) is 5.75 Å². The third kappa shape index (κ3) is 3.91. The number of nitrogens with one attached hydrogen (secondary N) is 1. The molecule has 0 bridgehead atoms. The smallest absolute Gasteiger partial charge is 0.404 e. The molecule has 7 heteroatoms. The van der Waals surface area contributed by atoms with Crippen LogP contribution in [0, 0.1) is 0 Å². The van der Waals surface area contributed by atoms with Crippen LogP contribution in [0.4, 0.5) is 18.9 Å². The van der Waals surface area contributed by atoms with E-state index >= 15 is 0 Å². The Balaban J connectivity index is 1.97. The van der Waals surface area contributed by atoms with Crippen LogP contribution in [0.25, 0.3) is 0 Å². The lowest BCUT2D eigenvalue weighted by Gasteiger charge is -2.14. The Bertz CT molecular complexity index is 566. The highest BCUT2D eigenvalue weighted by atomic mass is 19.4. The summed E-state index contributed by atoms with van der Waals surface area (Å²) in [4.78, 5) is 0. The fraction of sp³-hybridized carbons (Fsp3) is 0.308. The van der Waals surface area contributed by atoms with Crippen LogP contribution in [0.1, 0.15) is 5.69 Å². The van der Waals surface area contributed by atoms with Gasteiger partial charge in [-0.25, -0.2) is 0 Å². The van der Waals surface area contributed by atoms with Gasteiger partial charge in [-0.3, -0.25) is 4.68 Å². The molecule has 1 aromatic carbocycles. The average molecular weight is 285 g/mol. The molecule has 2 aromatic rings. The fourth-order valence-electron chi connectivity index (χ4n) is 1.80. The van der Waals surface area contributed by atoms with E-state index in [0.29, 0.717) is 18.7 Å². The van der Waals surface area contributed by atoms with Gasteiger partial charge in [-0.05, 0) is 18.2 Å². The largest absolute Gasteiger partial charge is 0.573 e. The molecule has 20 heavy (non-hydrogen) atoms. The second kappa shape index (κ2) is 5.85. The Kier molecular flexibility index (Phi) is 4.16. The standard InChI is InChI=1S/C13H14F3N3O/c1-19-10(7-9-18-19)6-8-17-11-4-2-3-5-12(11)20-13(14,15)16/h2-5,7,9,17H,6,8H2,1H3. The highest BCUT2D eigenvalue weighted by Crippen LogP contribution is 2.29. The van der Waals surface area contributed by atoms with Gasteiger partial charge >= 0.3 is 6.36 Å². The first-order chi connectivity index (χ1) is 9.46. The minimum atomic E-state index is -4.69. The molecule has 0 radical (unpaired) electrons. The Morgan fingerprint density at radius 3 is 2.65 bits per heavy atom. The van der Waals surface area contributed by atoms with Crippen molar-refractivity contribution in [2.75, 3.05) is 11.9 Å². The quantitative estimate of drug-likeness (QED) is 0.918. The molecule has 0 spiro atoms. The molecule has 0 atom stereocenters. The van der Waals surface area contributed by atoms with Crippen LogP contribution in [0.3, 0.4) is 0 Å². The number of hydrogen-bond donors (Lipinski definition) is 1. The number of aryl methyl sites for hydroxylation is 1. The number of para-hydroxylation sites is 2. The van der Waals surface area contributed by atoms with E-state index in [1.807, 2.05) is 13.1 Å². The van der Waals surface area contributed by atoms with E-state index in [2.05, 4.69) is 15.2 Å². The average Bonchev–Trinajstić information content (AvgIpc) is 2.75. The van der Waals surface area contributed by atoms with Crippen LogP contribution in [0.15, 0.2) is 36.5 Å². The third-order valence-corrected chi connectivity index (χ3v) is 2.73. The van der Waals surface area contributed by atoms with Crippen molar-refractivity contribution in [1.82, 2.24) is 9.78 Å². The van der Waals surface area contributed by atoms with Gasteiger partial charge in [0.05, 0.1) is 5.69 Å². The minimum Gasteiger partial charge on any atom is -0.404 e. The Morgan fingerprint density at radius 1 is 1.25 bits per heavy atom. The van der Waals surface area contributed by atoms with Gasteiger partial charge in [0, 0.05) is 31.9 Å². The van der Waals surface area contributed by atoms with Gasteiger partial charge in [0.1, 0.15) is 0 Å². The molecule has 1 N–H and O–H groups in total. The molecular weight excluding hydrogens is 271 g/mol. The lowest BCUT2D eigenvalue weighted by atomic mass is 10.2. The Morgan fingerprint density at radius 2 is 2.00 bits per heavy atom. The van der Waals surface area contributed by atoms with Gasteiger partial charge in [0.2, 0.25) is 0 Å². The first-order valence-corrected chi connectivity index (χ1v) is 6.01. The van der Waals surface area contributed by atoms with Crippen LogP contribution in [0.2, 0.25) is 0 Å². The van der Waals surface area contributed by atoms with Crippen molar-refractivity contribution in [1.29, 1.82) is 0 Å². The summed E-state index contributed by atoms with van der Waals surface area (Å²) in [7, 11) is 1.82. The van der Waals surface area contributed by atoms with E-state index in [4.69, 9.17) is 0 Å². The number of hydrogen-bond acceptors (Lipinski definition) is 3. The molecule has 4 nitrogen and oxygen atoms in total. The summed E-state index contributed by atoms with van der Waals surface area (Å²) < 4.78 is 42.5. The van der Waals surface area contributed by atoms with Crippen molar-refractivity contribution in [3.63, 3.8) is 0 Å². The predicted molar refractivity (Wildman–Crippen MR) is 68.5 cm³/mol. The molecule has 0 saturated heterocycles. The van der Waals surface area contributed by atoms with Crippen molar-refractivity contribution in [3.05, 3.63) is 42.2 Å². The summed E-state index contributed by atoms with van der Waals surface area (Å²) in [5, 5.41) is 6.96. The number of benzene rings is 1. The van der Waals surface area contributed by atoms with E-state index < -0.39 is 6.36 Å². The van der Waals surface area contributed by atoms with E-state index in [1.54, 1.807) is 23.0 Å². The minimum absolute atomic E-state index is 0.231. The predicted octanol–water partition coefficient (Wildman–Crippen LogP) is 2.97. The summed E-state index contributed by atoms with van der Waals surface area (Å²) >= 11 is 0. The highest BCUT2D eigenvalue weighted by molar-refractivity contribution is 5.56. The normalized spacial score (nSPS) is 11.4. The molecule has 0 unspecified atom stereocenters. The highest BCUT2D eigenvalue weighted by Gasteiger charge is 2.31. The number of rotatable bonds is 5. The summed E-state index contributed by atoms with van der Waals surface area (Å²) in [6.45, 7) is 0.484. The zero-order chi connectivity index (χ0) is 14.6. The van der Waals surface area contributed by atoms with E-state index in [0.717, 1.165) is 5.69 Å². The Hall–Kier alpha value is -2.18. The van der Waals surface area contributed by atoms with Gasteiger partial charge in [-0.1, -0.05) is 12.1 Å². The molecule has 0 aliphatic heterocycles. The third-order valence-electron chi connectivity index (χ3n) is 2.73. The molecule has 0 fully saturated rings. The maximum atomic E-state index is 12.3. The van der Waals surface area contributed by atoms with Crippen molar-refractivity contribution in [2.24, 2.45) is 7.05 Å². The van der Waals surface area contributed by atoms with Crippen LogP contribution in [-0.2, 0) is 13.5 Å². The van der Waals surface area contributed by atoms with Crippen LogP contribution in [-0.4, -0.2) is 22.7 Å². The zero-order valence-electron chi connectivity index (χ0n) is 10.8. The maximum absolute atomic E-state index is 12.3. The molecule has 1 aromatic heterocycles. The summed E-state index contributed by atoms with van der Waals surface area (Å²) in [6, 6.07) is 7.83. The molecule has 0 amide bonds. The van der Waals surface area contributed by atoms with Crippen molar-refractivity contribution in [3.8, 4) is 5.75 Å². The molecule has 0 aliphatic rings. The van der Waals surface area contributed by atoms with Gasteiger partial charge in [0.15, 0.2) is 5.75 Å². The fourth-order valence-corrected chi connectivity index (χ4v) is 1.80. The SMILES string of the molecule is Cn1nccc1CCNc1ccccc1OC(F)(F)F. The number of nitrogens with zero attached hydrogens (tertiary/aromatic N) is 2. The topological polar surface area (TPSA) is 39.1 Å². The number of ether oxygens (including phenoxy) is 1. The van der Waals surface area contributed by atoms with Crippen LogP contribution in [0.5, 0.6) is 5.75 Å². The summed E-state index contributed by atoms with van der Waals surface area (Å²) in [6.07, 6.45) is -2.37. The van der Waals surface area contributed by atoms with Crippen molar-refractivity contribution < 1.29 is 17.9 Å².